The topological polar surface area (TPSA) is 76.4 Å². The number of nitrogens with zero attached hydrogens (tertiary/aromatic N) is 4. The van der Waals surface area contributed by atoms with E-state index < -0.39 is 5.92 Å². The van der Waals surface area contributed by atoms with Crippen molar-refractivity contribution in [3.05, 3.63) is 53.6 Å². The molecular weight excluding hydrogens is 414 g/mol. The molecule has 1 aliphatic carbocycles. The summed E-state index contributed by atoms with van der Waals surface area (Å²) < 4.78 is 34.7. The Labute approximate surface area is 184 Å². The van der Waals surface area contributed by atoms with E-state index in [-0.39, 0.29) is 24.9 Å². The Morgan fingerprint density at radius 1 is 1.22 bits per heavy atom. The van der Waals surface area contributed by atoms with Crippen LogP contribution in [0.15, 0.2) is 36.8 Å². The van der Waals surface area contributed by atoms with Crippen LogP contribution < -0.4 is 15.4 Å². The number of halogens is 2. The smallest absolute Gasteiger partial charge is 0.248 e. The maximum atomic E-state index is 13.5. The molecule has 3 aromatic rings. The standard InChI is InChI=1S/C23H26F2N6O/c1-14-11-17(15-3-4-19-26-9-10-31(19)13-15)20-18(12-27-14)29-22(30-21(20)32-2)28-16-5-7-23(24,25)8-6-16/h3-4,9-11,13-14,16,27H,5-8,12H2,1-2H3,(H,28,29,30)/t14-/m1/s1. The van der Waals surface area contributed by atoms with Crippen molar-refractivity contribution < 1.29 is 13.5 Å². The largest absolute Gasteiger partial charge is 0.480 e. The Kier molecular flexibility index (Phi) is 5.28. The summed E-state index contributed by atoms with van der Waals surface area (Å²) in [6, 6.07) is 4.04. The van der Waals surface area contributed by atoms with Gasteiger partial charge in [-0.3, -0.25) is 0 Å². The fourth-order valence-corrected chi connectivity index (χ4v) is 4.43. The van der Waals surface area contributed by atoms with Crippen molar-refractivity contribution in [1.82, 2.24) is 24.7 Å². The van der Waals surface area contributed by atoms with Gasteiger partial charge in [0, 0.05) is 50.1 Å². The Bertz CT molecular complexity index is 1160. The van der Waals surface area contributed by atoms with Gasteiger partial charge in [-0.1, -0.05) is 6.08 Å². The first-order chi connectivity index (χ1) is 15.4. The monoisotopic (exact) mass is 440 g/mol. The second kappa shape index (κ2) is 8.12. The van der Waals surface area contributed by atoms with Gasteiger partial charge in [0.1, 0.15) is 5.65 Å². The molecule has 1 atom stereocenters. The second-order valence-electron chi connectivity index (χ2n) is 8.51. The number of ether oxygens (including phenoxy) is 1. The average molecular weight is 440 g/mol. The number of hydrogen-bond acceptors (Lipinski definition) is 6. The molecule has 0 spiro atoms. The number of pyridine rings is 1. The molecule has 1 saturated carbocycles. The van der Waals surface area contributed by atoms with Crippen LogP contribution in [0.1, 0.15) is 49.4 Å². The van der Waals surface area contributed by atoms with Crippen molar-refractivity contribution in [2.75, 3.05) is 12.4 Å². The summed E-state index contributed by atoms with van der Waals surface area (Å²) in [5, 5.41) is 6.71. The molecule has 0 unspecified atom stereocenters. The molecule has 0 radical (unpaired) electrons. The van der Waals surface area contributed by atoms with E-state index in [1.54, 1.807) is 13.3 Å². The van der Waals surface area contributed by atoms with Crippen LogP contribution >= 0.6 is 0 Å². The van der Waals surface area contributed by atoms with Crippen LogP contribution in [0.25, 0.3) is 11.2 Å². The Morgan fingerprint density at radius 3 is 2.81 bits per heavy atom. The number of imidazole rings is 1. The van der Waals surface area contributed by atoms with Crippen molar-refractivity contribution in [2.45, 2.75) is 57.2 Å². The Morgan fingerprint density at radius 2 is 2.03 bits per heavy atom. The summed E-state index contributed by atoms with van der Waals surface area (Å²) in [6.07, 6.45) is 8.40. The van der Waals surface area contributed by atoms with E-state index in [0.717, 1.165) is 28.0 Å². The zero-order valence-corrected chi connectivity index (χ0v) is 18.1. The minimum absolute atomic E-state index is 0.0753. The van der Waals surface area contributed by atoms with E-state index in [2.05, 4.69) is 33.6 Å². The molecule has 0 saturated heterocycles. The maximum absolute atomic E-state index is 13.5. The van der Waals surface area contributed by atoms with Gasteiger partial charge in [-0.15, -0.1) is 0 Å². The van der Waals surface area contributed by atoms with Crippen molar-refractivity contribution >= 4 is 17.2 Å². The fraction of sp³-hybridized carbons (Fsp3) is 0.435. The van der Waals surface area contributed by atoms with Gasteiger partial charge in [-0.2, -0.15) is 4.98 Å². The summed E-state index contributed by atoms with van der Waals surface area (Å²) in [4.78, 5) is 13.7. The molecule has 2 N–H and O–H groups in total. The third-order valence-electron chi connectivity index (χ3n) is 6.17. The van der Waals surface area contributed by atoms with E-state index >= 15 is 0 Å². The number of aromatic nitrogens is 4. The molecule has 0 aromatic carbocycles. The van der Waals surface area contributed by atoms with E-state index in [1.807, 2.05) is 28.9 Å². The zero-order valence-electron chi connectivity index (χ0n) is 18.1. The van der Waals surface area contributed by atoms with Gasteiger partial charge in [-0.05, 0) is 43.0 Å². The highest BCUT2D eigenvalue weighted by Gasteiger charge is 2.35. The SMILES string of the molecule is COc1nc(NC2CCC(F)(F)CC2)nc2c1C(c1ccc3nccn3c1)=C[C@@H](C)NC2. The van der Waals surface area contributed by atoms with Crippen LogP contribution in [-0.2, 0) is 6.54 Å². The molecule has 1 aliphatic heterocycles. The molecule has 7 nitrogen and oxygen atoms in total. The molecular formula is C23H26F2N6O. The number of hydrogen-bond donors (Lipinski definition) is 2. The summed E-state index contributed by atoms with van der Waals surface area (Å²) in [5.41, 5.74) is 4.50. The van der Waals surface area contributed by atoms with Gasteiger partial charge in [0.05, 0.1) is 18.4 Å². The van der Waals surface area contributed by atoms with Crippen LogP contribution in [0.5, 0.6) is 5.88 Å². The predicted molar refractivity (Wildman–Crippen MR) is 118 cm³/mol. The molecule has 2 aliphatic rings. The van der Waals surface area contributed by atoms with Crippen LogP contribution in [-0.4, -0.2) is 44.5 Å². The van der Waals surface area contributed by atoms with E-state index in [4.69, 9.17) is 9.72 Å². The molecule has 0 bridgehead atoms. The number of nitrogens with one attached hydrogen (secondary N) is 2. The number of rotatable bonds is 4. The predicted octanol–water partition coefficient (Wildman–Crippen LogP) is 4.05. The van der Waals surface area contributed by atoms with Crippen LogP contribution in [0.3, 0.4) is 0 Å². The number of methoxy groups -OCH3 is 1. The van der Waals surface area contributed by atoms with Gasteiger partial charge in [0.15, 0.2) is 0 Å². The summed E-state index contributed by atoms with van der Waals surface area (Å²) in [5.74, 6) is -1.69. The molecule has 9 heteroatoms. The van der Waals surface area contributed by atoms with Crippen LogP contribution in [0, 0.1) is 0 Å². The van der Waals surface area contributed by atoms with Crippen molar-refractivity contribution in [1.29, 1.82) is 0 Å². The highest BCUT2D eigenvalue weighted by atomic mass is 19.3. The number of fused-ring (bicyclic) bond motifs is 2. The van der Waals surface area contributed by atoms with Gasteiger partial charge in [0.25, 0.3) is 0 Å². The quantitative estimate of drug-likeness (QED) is 0.638. The van der Waals surface area contributed by atoms with Gasteiger partial charge >= 0.3 is 0 Å². The van der Waals surface area contributed by atoms with E-state index in [9.17, 15) is 8.78 Å². The Hall–Kier alpha value is -3.07. The summed E-state index contributed by atoms with van der Waals surface area (Å²) in [7, 11) is 1.59. The van der Waals surface area contributed by atoms with E-state index in [0.29, 0.717) is 31.2 Å². The van der Waals surface area contributed by atoms with E-state index in [1.165, 1.54) is 0 Å². The molecule has 32 heavy (non-hydrogen) atoms. The molecule has 168 valence electrons. The highest BCUT2D eigenvalue weighted by molar-refractivity contribution is 5.84. The third kappa shape index (κ3) is 4.04. The van der Waals surface area contributed by atoms with Crippen molar-refractivity contribution in [3.8, 4) is 5.88 Å². The molecule has 5 rings (SSSR count). The van der Waals surface area contributed by atoms with Crippen molar-refractivity contribution in [3.63, 3.8) is 0 Å². The lowest BCUT2D eigenvalue weighted by atomic mass is 9.92. The van der Waals surface area contributed by atoms with Crippen LogP contribution in [0.4, 0.5) is 14.7 Å². The fourth-order valence-electron chi connectivity index (χ4n) is 4.43. The average Bonchev–Trinajstić information content (AvgIpc) is 3.18. The minimum atomic E-state index is -2.57. The molecule has 0 amide bonds. The lowest BCUT2D eigenvalue weighted by Gasteiger charge is -2.29. The Balaban J connectivity index is 1.52. The molecule has 4 heterocycles. The molecule has 1 fully saturated rings. The highest BCUT2D eigenvalue weighted by Crippen LogP contribution is 2.37. The maximum Gasteiger partial charge on any atom is 0.248 e. The van der Waals surface area contributed by atoms with Crippen molar-refractivity contribution in [2.24, 2.45) is 0 Å². The molecule has 3 aromatic heterocycles. The zero-order chi connectivity index (χ0) is 22.3. The first kappa shape index (κ1) is 20.8. The number of alkyl halides is 2. The summed E-state index contributed by atoms with van der Waals surface area (Å²) in [6.45, 7) is 2.63. The van der Waals surface area contributed by atoms with Crippen LogP contribution in [0.2, 0.25) is 0 Å². The van der Waals surface area contributed by atoms with Gasteiger partial charge in [-0.25, -0.2) is 18.7 Å². The first-order valence-corrected chi connectivity index (χ1v) is 10.9. The lowest BCUT2D eigenvalue weighted by molar-refractivity contribution is -0.0361. The minimum Gasteiger partial charge on any atom is -0.480 e. The number of anilines is 1. The second-order valence-corrected chi connectivity index (χ2v) is 8.51. The summed E-state index contributed by atoms with van der Waals surface area (Å²) >= 11 is 0. The third-order valence-corrected chi connectivity index (χ3v) is 6.17. The first-order valence-electron chi connectivity index (χ1n) is 10.9. The van der Waals surface area contributed by atoms with Gasteiger partial charge < -0.3 is 19.8 Å². The lowest BCUT2D eigenvalue weighted by Crippen LogP contribution is -2.32. The van der Waals surface area contributed by atoms with Gasteiger partial charge in [0.2, 0.25) is 17.8 Å². The normalized spacial score (nSPS) is 21.0.